The smallest absolute Gasteiger partial charge is 0.408 e. The predicted molar refractivity (Wildman–Crippen MR) is 139 cm³/mol. The van der Waals surface area contributed by atoms with Crippen LogP contribution < -0.4 is 10.6 Å². The molecular weight excluding hydrogens is 553 g/mol. The SMILES string of the molecule is COC[C@@H](NC(=O)CC1CC(F)(F)C1)c1cnn2cc([C@@H](CCC(C)(C)C(F)(F)F)NC(=O)OC(C)(C)C)nc2c1. The zero-order valence-electron chi connectivity index (χ0n) is 24.1. The first-order chi connectivity index (χ1) is 18.8. The second-order valence-electron chi connectivity index (χ2n) is 12.3. The maximum absolute atomic E-state index is 13.5. The van der Waals surface area contributed by atoms with Crippen LogP contribution in [0.2, 0.25) is 0 Å². The van der Waals surface area contributed by atoms with E-state index < -0.39 is 47.2 Å². The molecule has 0 aromatic carbocycles. The molecule has 2 amide bonds. The molecule has 0 spiro atoms. The first-order valence-corrected chi connectivity index (χ1v) is 13.4. The van der Waals surface area contributed by atoms with Crippen molar-refractivity contribution < 1.29 is 41.0 Å². The summed E-state index contributed by atoms with van der Waals surface area (Å²) in [7, 11) is 1.45. The van der Waals surface area contributed by atoms with Crippen molar-refractivity contribution in [2.45, 2.75) is 96.5 Å². The normalized spacial score (nSPS) is 17.5. The van der Waals surface area contributed by atoms with Crippen molar-refractivity contribution in [1.82, 2.24) is 25.2 Å². The van der Waals surface area contributed by atoms with Gasteiger partial charge >= 0.3 is 12.3 Å². The molecule has 1 aliphatic carbocycles. The van der Waals surface area contributed by atoms with Gasteiger partial charge in [0.25, 0.3) is 0 Å². The fourth-order valence-electron chi connectivity index (χ4n) is 4.49. The largest absolute Gasteiger partial charge is 0.444 e. The molecule has 2 N–H and O–H groups in total. The van der Waals surface area contributed by atoms with Gasteiger partial charge in [0.15, 0.2) is 5.65 Å². The number of amides is 2. The first kappa shape index (κ1) is 32.5. The molecule has 14 heteroatoms. The Kier molecular flexibility index (Phi) is 9.56. The molecule has 2 aromatic heterocycles. The van der Waals surface area contributed by atoms with Gasteiger partial charge in [0.1, 0.15) is 5.60 Å². The van der Waals surface area contributed by atoms with Crippen LogP contribution in [0.3, 0.4) is 0 Å². The van der Waals surface area contributed by atoms with E-state index in [4.69, 9.17) is 9.47 Å². The highest BCUT2D eigenvalue weighted by Crippen LogP contribution is 2.44. The van der Waals surface area contributed by atoms with Crippen molar-refractivity contribution in [2.75, 3.05) is 13.7 Å². The molecular formula is C27H38F5N5O4. The minimum atomic E-state index is -4.45. The Morgan fingerprint density at radius 3 is 2.34 bits per heavy atom. The van der Waals surface area contributed by atoms with Crippen molar-refractivity contribution in [3.05, 3.63) is 29.7 Å². The van der Waals surface area contributed by atoms with Gasteiger partial charge in [0.2, 0.25) is 11.8 Å². The van der Waals surface area contributed by atoms with E-state index in [1.807, 2.05) is 0 Å². The van der Waals surface area contributed by atoms with Crippen LogP contribution in [-0.2, 0) is 14.3 Å². The molecule has 3 rings (SSSR count). The van der Waals surface area contributed by atoms with Gasteiger partial charge < -0.3 is 20.1 Å². The van der Waals surface area contributed by atoms with E-state index >= 15 is 0 Å². The fourth-order valence-corrected chi connectivity index (χ4v) is 4.49. The highest BCUT2D eigenvalue weighted by molar-refractivity contribution is 5.77. The number of nitrogens with one attached hydrogen (secondary N) is 2. The number of nitrogens with zero attached hydrogens (tertiary/aromatic N) is 3. The first-order valence-electron chi connectivity index (χ1n) is 13.4. The number of alkyl halides is 5. The minimum absolute atomic E-state index is 0.0364. The molecule has 0 unspecified atom stereocenters. The van der Waals surface area contributed by atoms with Crippen LogP contribution in [0.5, 0.6) is 0 Å². The molecule has 1 aliphatic rings. The molecule has 0 aliphatic heterocycles. The highest BCUT2D eigenvalue weighted by atomic mass is 19.4. The van der Waals surface area contributed by atoms with E-state index in [1.54, 1.807) is 26.8 Å². The lowest BCUT2D eigenvalue weighted by molar-refractivity contribution is -0.214. The average Bonchev–Trinajstić information content (AvgIpc) is 3.21. The summed E-state index contributed by atoms with van der Waals surface area (Å²) in [5.41, 5.74) is -1.71. The predicted octanol–water partition coefficient (Wildman–Crippen LogP) is 5.90. The summed E-state index contributed by atoms with van der Waals surface area (Å²) in [5.74, 6) is -3.51. The number of methoxy groups -OCH3 is 1. The number of imidazole rings is 1. The average molecular weight is 592 g/mol. The number of aromatic nitrogens is 3. The Hall–Kier alpha value is -3.03. The van der Waals surface area contributed by atoms with Crippen molar-refractivity contribution in [3.63, 3.8) is 0 Å². The van der Waals surface area contributed by atoms with E-state index in [1.165, 1.54) is 24.0 Å². The topological polar surface area (TPSA) is 107 Å². The van der Waals surface area contributed by atoms with Gasteiger partial charge in [0.05, 0.1) is 42.2 Å². The Morgan fingerprint density at radius 2 is 1.78 bits per heavy atom. The monoisotopic (exact) mass is 591 g/mol. The molecule has 41 heavy (non-hydrogen) atoms. The fraction of sp³-hybridized carbons (Fsp3) is 0.704. The third kappa shape index (κ3) is 8.98. The summed E-state index contributed by atoms with van der Waals surface area (Å²) in [6, 6.07) is 0.0722. The lowest BCUT2D eigenvalue weighted by atomic mass is 9.79. The number of alkyl carbamates (subject to hydrolysis) is 1. The molecule has 9 nitrogen and oxygen atoms in total. The number of hydrogen-bond donors (Lipinski definition) is 2. The molecule has 1 fully saturated rings. The van der Waals surface area contributed by atoms with Gasteiger partial charge in [-0.2, -0.15) is 18.3 Å². The van der Waals surface area contributed by atoms with E-state index in [2.05, 4.69) is 20.7 Å². The van der Waals surface area contributed by atoms with Crippen LogP contribution in [0.25, 0.3) is 5.65 Å². The minimum Gasteiger partial charge on any atom is -0.444 e. The zero-order chi connectivity index (χ0) is 30.8. The molecule has 0 radical (unpaired) electrons. The van der Waals surface area contributed by atoms with Crippen molar-refractivity contribution in [1.29, 1.82) is 0 Å². The Bertz CT molecular complexity index is 1220. The lowest BCUT2D eigenvalue weighted by Crippen LogP contribution is -2.40. The third-order valence-corrected chi connectivity index (χ3v) is 6.95. The third-order valence-electron chi connectivity index (χ3n) is 6.95. The molecule has 1 saturated carbocycles. The maximum atomic E-state index is 13.5. The summed E-state index contributed by atoms with van der Waals surface area (Å²) in [5, 5.41) is 9.73. The van der Waals surface area contributed by atoms with Crippen molar-refractivity contribution >= 4 is 17.6 Å². The number of carbonyl (C=O) groups is 2. The van der Waals surface area contributed by atoms with E-state index in [0.29, 0.717) is 11.2 Å². The number of ether oxygens (including phenoxy) is 2. The molecule has 2 aromatic rings. The zero-order valence-corrected chi connectivity index (χ0v) is 24.1. The summed E-state index contributed by atoms with van der Waals surface area (Å²) >= 11 is 0. The number of rotatable bonds is 11. The summed E-state index contributed by atoms with van der Waals surface area (Å²) in [6.07, 6.45) is -3.32. The highest BCUT2D eigenvalue weighted by Gasteiger charge is 2.47. The number of hydrogen-bond acceptors (Lipinski definition) is 6. The lowest BCUT2D eigenvalue weighted by Gasteiger charge is -2.34. The van der Waals surface area contributed by atoms with Gasteiger partial charge in [-0.1, -0.05) is 13.8 Å². The summed E-state index contributed by atoms with van der Waals surface area (Å²) in [4.78, 5) is 29.6. The van der Waals surface area contributed by atoms with Crippen LogP contribution >= 0.6 is 0 Å². The van der Waals surface area contributed by atoms with Gasteiger partial charge in [-0.15, -0.1) is 0 Å². The second-order valence-corrected chi connectivity index (χ2v) is 12.3. The maximum Gasteiger partial charge on any atom is 0.408 e. The van der Waals surface area contributed by atoms with Crippen LogP contribution in [-0.4, -0.2) is 58.0 Å². The van der Waals surface area contributed by atoms with Gasteiger partial charge in [-0.05, 0) is 45.6 Å². The van der Waals surface area contributed by atoms with E-state index in [0.717, 1.165) is 13.8 Å². The molecule has 0 saturated heterocycles. The van der Waals surface area contributed by atoms with Gasteiger partial charge in [0, 0.05) is 31.9 Å². The Morgan fingerprint density at radius 1 is 1.12 bits per heavy atom. The van der Waals surface area contributed by atoms with Crippen molar-refractivity contribution in [3.8, 4) is 0 Å². The standard InChI is InChI=1S/C27H38F5N5O4/c1-24(2,3)41-23(39)36-18(7-8-25(4,5)27(30,31)32)19-14-37-21(34-19)10-17(13-33-37)20(15-40-6)35-22(38)9-16-11-26(28,29)12-16/h10,13-14,16,18,20H,7-9,11-12,15H2,1-6H3,(H,35,38)(H,36,39)/t18-,20-/m1/s1. The van der Waals surface area contributed by atoms with Gasteiger partial charge in [-0.3, -0.25) is 4.79 Å². The molecule has 2 atom stereocenters. The van der Waals surface area contributed by atoms with Gasteiger partial charge in [-0.25, -0.2) is 23.1 Å². The Labute approximate surface area is 235 Å². The molecule has 230 valence electrons. The van der Waals surface area contributed by atoms with Crippen LogP contribution in [0.15, 0.2) is 18.5 Å². The second kappa shape index (κ2) is 12.1. The van der Waals surface area contributed by atoms with Crippen LogP contribution in [0.1, 0.15) is 90.1 Å². The van der Waals surface area contributed by atoms with Crippen molar-refractivity contribution in [2.24, 2.45) is 11.3 Å². The number of fused-ring (bicyclic) bond motifs is 1. The summed E-state index contributed by atoms with van der Waals surface area (Å²) < 4.78 is 78.8. The van der Waals surface area contributed by atoms with Crippen LogP contribution in [0, 0.1) is 11.3 Å². The van der Waals surface area contributed by atoms with E-state index in [-0.39, 0.29) is 50.3 Å². The quantitative estimate of drug-likeness (QED) is 0.315. The number of carbonyl (C=O) groups excluding carboxylic acids is 2. The Balaban J connectivity index is 1.81. The molecule has 2 heterocycles. The van der Waals surface area contributed by atoms with E-state index in [9.17, 15) is 31.5 Å². The summed E-state index contributed by atoms with van der Waals surface area (Å²) in [6.45, 7) is 7.27. The van der Waals surface area contributed by atoms with Crippen LogP contribution in [0.4, 0.5) is 26.7 Å². The molecule has 0 bridgehead atoms. The number of halogens is 5.